The minimum Gasteiger partial charge on any atom is -0.314 e. The number of unbranched alkanes of at least 4 members (excludes halogenated alkanes) is 44. The molecule has 0 aromatic heterocycles. The van der Waals surface area contributed by atoms with Gasteiger partial charge in [0.05, 0.1) is 0 Å². The van der Waals surface area contributed by atoms with Crippen LogP contribution >= 0.6 is 12.4 Å². The van der Waals surface area contributed by atoms with Crippen LogP contribution < -0.4 is 5.32 Å². The Morgan fingerprint density at radius 3 is 0.646 bits per heavy atom. The van der Waals surface area contributed by atoms with Crippen molar-refractivity contribution in [3.8, 4) is 0 Å². The summed E-state index contributed by atoms with van der Waals surface area (Å²) in [6.45, 7) is 8.17. The first-order chi connectivity index (χ1) is 31.8. The Morgan fingerprint density at radius 2 is 0.415 bits per heavy atom. The molecule has 0 aliphatic heterocycles. The topological polar surface area (TPSA) is 12.0 Å². The minimum atomic E-state index is 0. The zero-order chi connectivity index (χ0) is 46.0. The SMILES string of the molecule is CCCCCCCCC=CCCCCCCCCCCCCC(CCCCCCCCCCCCC=CCCCCCCCC)NCCCCCCCCC=CCCCCCCCC.Cl. The molecular weight excluding hydrogens is 806 g/mol. The molecule has 0 atom stereocenters. The lowest BCUT2D eigenvalue weighted by molar-refractivity contribution is 0.405. The van der Waals surface area contributed by atoms with Crippen LogP contribution in [0, 0.1) is 0 Å². The standard InChI is InChI=1S/C63H123N.ClH/c1-4-7-10-13-16-19-22-25-28-31-33-35-37-39-42-45-48-51-54-57-60-63(64-62-59-56-53-50-47-44-41-30-27-24-21-18-15-12-9-6-3)61-58-55-52-49-46-43-40-38-36-34-32-29-26-23-20-17-14-11-8-5-2;/h25-30,63-64H,4-24,31-62H2,1-3H3;1H. The third-order valence-corrected chi connectivity index (χ3v) is 14.3. The fourth-order valence-electron chi connectivity index (χ4n) is 9.72. The lowest BCUT2D eigenvalue weighted by Crippen LogP contribution is -2.30. The first kappa shape index (κ1) is 66.6. The van der Waals surface area contributed by atoms with Gasteiger partial charge in [0.15, 0.2) is 0 Å². The van der Waals surface area contributed by atoms with E-state index in [2.05, 4.69) is 62.5 Å². The van der Waals surface area contributed by atoms with Gasteiger partial charge in [-0.15, -0.1) is 12.4 Å². The summed E-state index contributed by atoms with van der Waals surface area (Å²) in [4.78, 5) is 0. The van der Waals surface area contributed by atoms with Gasteiger partial charge in [-0.25, -0.2) is 0 Å². The molecule has 0 aromatic rings. The van der Waals surface area contributed by atoms with Crippen molar-refractivity contribution in [2.75, 3.05) is 6.54 Å². The molecule has 0 aliphatic carbocycles. The maximum absolute atomic E-state index is 4.07. The van der Waals surface area contributed by atoms with Gasteiger partial charge in [0.2, 0.25) is 0 Å². The van der Waals surface area contributed by atoms with Gasteiger partial charge in [0.25, 0.3) is 0 Å². The summed E-state index contributed by atoms with van der Waals surface area (Å²) in [5, 5.41) is 4.07. The summed E-state index contributed by atoms with van der Waals surface area (Å²) < 4.78 is 0. The third-order valence-electron chi connectivity index (χ3n) is 14.3. The van der Waals surface area contributed by atoms with E-state index < -0.39 is 0 Å². The zero-order valence-electron chi connectivity index (χ0n) is 45.4. The molecule has 0 saturated carbocycles. The largest absolute Gasteiger partial charge is 0.314 e. The number of hydrogen-bond acceptors (Lipinski definition) is 1. The molecule has 0 saturated heterocycles. The highest BCUT2D eigenvalue weighted by Gasteiger charge is 2.08. The van der Waals surface area contributed by atoms with Gasteiger partial charge in [0.1, 0.15) is 0 Å². The molecule has 65 heavy (non-hydrogen) atoms. The summed E-state index contributed by atoms with van der Waals surface area (Å²) in [5.74, 6) is 0. The second-order valence-corrected chi connectivity index (χ2v) is 20.9. The van der Waals surface area contributed by atoms with Gasteiger partial charge >= 0.3 is 0 Å². The van der Waals surface area contributed by atoms with E-state index in [9.17, 15) is 0 Å². The first-order valence-electron chi connectivity index (χ1n) is 30.5. The fraction of sp³-hybridized carbons (Fsp3) is 0.905. The van der Waals surface area contributed by atoms with E-state index in [1.807, 2.05) is 0 Å². The molecule has 0 rings (SSSR count). The lowest BCUT2D eigenvalue weighted by atomic mass is 9.99. The van der Waals surface area contributed by atoms with E-state index in [0.717, 1.165) is 6.04 Å². The Balaban J connectivity index is 0. The molecule has 388 valence electrons. The smallest absolute Gasteiger partial charge is 0.00670 e. The molecule has 0 spiro atoms. The van der Waals surface area contributed by atoms with Crippen molar-refractivity contribution in [1.29, 1.82) is 0 Å². The molecule has 1 nitrogen and oxygen atoms in total. The maximum Gasteiger partial charge on any atom is 0.00670 e. The van der Waals surface area contributed by atoms with Gasteiger partial charge < -0.3 is 5.32 Å². The van der Waals surface area contributed by atoms with E-state index >= 15 is 0 Å². The molecule has 0 bridgehead atoms. The van der Waals surface area contributed by atoms with Crippen LogP contribution in [0.15, 0.2) is 36.5 Å². The van der Waals surface area contributed by atoms with Crippen molar-refractivity contribution in [2.45, 2.75) is 361 Å². The minimum absolute atomic E-state index is 0. The molecule has 0 fully saturated rings. The van der Waals surface area contributed by atoms with Crippen LogP contribution in [0.4, 0.5) is 0 Å². The van der Waals surface area contributed by atoms with Gasteiger partial charge in [-0.2, -0.15) is 0 Å². The molecular formula is C63H124ClN. The molecule has 0 radical (unpaired) electrons. The Morgan fingerprint density at radius 1 is 0.231 bits per heavy atom. The third kappa shape index (κ3) is 61.5. The highest BCUT2D eigenvalue weighted by atomic mass is 35.5. The van der Waals surface area contributed by atoms with Gasteiger partial charge in [0, 0.05) is 6.04 Å². The summed E-state index contributed by atoms with van der Waals surface area (Å²) in [6.07, 6.45) is 88.3. The van der Waals surface area contributed by atoms with Crippen molar-refractivity contribution in [1.82, 2.24) is 5.32 Å². The van der Waals surface area contributed by atoms with Gasteiger partial charge in [-0.1, -0.05) is 295 Å². The van der Waals surface area contributed by atoms with Crippen molar-refractivity contribution in [3.63, 3.8) is 0 Å². The van der Waals surface area contributed by atoms with Crippen molar-refractivity contribution >= 4 is 12.4 Å². The predicted octanol–water partition coefficient (Wildman–Crippen LogP) is 23.4. The number of rotatable bonds is 57. The van der Waals surface area contributed by atoms with Gasteiger partial charge in [-0.05, 0) is 103 Å². The highest BCUT2D eigenvalue weighted by molar-refractivity contribution is 5.85. The summed E-state index contributed by atoms with van der Waals surface area (Å²) in [5.41, 5.74) is 0. The second kappa shape index (κ2) is 63.5. The average Bonchev–Trinajstić information content (AvgIpc) is 3.30. The van der Waals surface area contributed by atoms with Crippen LogP contribution in [-0.2, 0) is 0 Å². The van der Waals surface area contributed by atoms with Gasteiger partial charge in [-0.3, -0.25) is 0 Å². The molecule has 0 aliphatic rings. The zero-order valence-corrected chi connectivity index (χ0v) is 46.2. The predicted molar refractivity (Wildman–Crippen MR) is 304 cm³/mol. The summed E-state index contributed by atoms with van der Waals surface area (Å²) in [6, 6.07) is 0.763. The number of nitrogens with one attached hydrogen (secondary N) is 1. The van der Waals surface area contributed by atoms with Crippen LogP contribution in [0.2, 0.25) is 0 Å². The molecule has 0 heterocycles. The lowest BCUT2D eigenvalue weighted by Gasteiger charge is -2.19. The Kier molecular flexibility index (Phi) is 65.0. The maximum atomic E-state index is 4.07. The normalized spacial score (nSPS) is 12.4. The summed E-state index contributed by atoms with van der Waals surface area (Å²) in [7, 11) is 0. The number of halogens is 1. The van der Waals surface area contributed by atoms with E-state index in [1.54, 1.807) is 0 Å². The molecule has 0 amide bonds. The van der Waals surface area contributed by atoms with Crippen LogP contribution in [0.5, 0.6) is 0 Å². The van der Waals surface area contributed by atoms with E-state index in [4.69, 9.17) is 0 Å². The van der Waals surface area contributed by atoms with Crippen molar-refractivity contribution in [3.05, 3.63) is 36.5 Å². The Labute approximate surface area is 419 Å². The second-order valence-electron chi connectivity index (χ2n) is 20.9. The van der Waals surface area contributed by atoms with E-state index in [0.29, 0.717) is 0 Å². The van der Waals surface area contributed by atoms with Crippen LogP contribution in [0.1, 0.15) is 355 Å². The summed E-state index contributed by atoms with van der Waals surface area (Å²) >= 11 is 0. The average molecular weight is 931 g/mol. The number of hydrogen-bond donors (Lipinski definition) is 1. The highest BCUT2D eigenvalue weighted by Crippen LogP contribution is 2.18. The first-order valence-corrected chi connectivity index (χ1v) is 30.5. The monoisotopic (exact) mass is 930 g/mol. The Bertz CT molecular complexity index is 841. The number of allylic oxidation sites excluding steroid dienone is 6. The van der Waals surface area contributed by atoms with E-state index in [1.165, 1.54) is 340 Å². The molecule has 2 heteroatoms. The quantitative estimate of drug-likeness (QED) is 0.0473. The molecule has 1 N–H and O–H groups in total. The van der Waals surface area contributed by atoms with Crippen LogP contribution in [0.3, 0.4) is 0 Å². The van der Waals surface area contributed by atoms with Crippen molar-refractivity contribution < 1.29 is 0 Å². The Hall–Kier alpha value is -0.530. The molecule has 0 aromatic carbocycles. The van der Waals surface area contributed by atoms with Crippen LogP contribution in [0.25, 0.3) is 0 Å². The molecule has 0 unspecified atom stereocenters. The van der Waals surface area contributed by atoms with Crippen LogP contribution in [-0.4, -0.2) is 12.6 Å². The fourth-order valence-corrected chi connectivity index (χ4v) is 9.72. The van der Waals surface area contributed by atoms with E-state index in [-0.39, 0.29) is 12.4 Å². The van der Waals surface area contributed by atoms with Crippen molar-refractivity contribution in [2.24, 2.45) is 0 Å².